The molecule has 1 rings (SSSR count). The van der Waals surface area contributed by atoms with Gasteiger partial charge in [-0.1, -0.05) is 24.3 Å². The van der Waals surface area contributed by atoms with Crippen LogP contribution in [0.25, 0.3) is 6.08 Å². The van der Waals surface area contributed by atoms with Gasteiger partial charge in [-0.25, -0.2) is 0 Å². The lowest BCUT2D eigenvalue weighted by atomic mass is 10.1. The van der Waals surface area contributed by atoms with Crippen LogP contribution in [0.1, 0.15) is 11.1 Å². The summed E-state index contributed by atoms with van der Waals surface area (Å²) < 4.78 is 0. The van der Waals surface area contributed by atoms with Crippen molar-refractivity contribution in [3.05, 3.63) is 53.1 Å². The number of hydrogen-bond acceptors (Lipinski definition) is 3. The van der Waals surface area contributed by atoms with Crippen LogP contribution in [0, 0.1) is 34.0 Å². The fourth-order valence-electron chi connectivity index (χ4n) is 1.02. The van der Waals surface area contributed by atoms with Crippen molar-refractivity contribution in [2.75, 3.05) is 0 Å². The molecule has 3 heteroatoms. The molecule has 0 amide bonds. The first kappa shape index (κ1) is 11.2. The Morgan fingerprint density at radius 1 is 1.00 bits per heavy atom. The van der Waals surface area contributed by atoms with Crippen molar-refractivity contribution in [3.63, 3.8) is 0 Å². The second kappa shape index (κ2) is 5.81. The van der Waals surface area contributed by atoms with Crippen molar-refractivity contribution in [1.82, 2.24) is 0 Å². The number of nitrogens with zero attached hydrogens (tertiary/aromatic N) is 3. The van der Waals surface area contributed by atoms with Gasteiger partial charge in [-0.3, -0.25) is 0 Å². The number of nitriles is 3. The van der Waals surface area contributed by atoms with Crippen molar-refractivity contribution in [2.45, 2.75) is 0 Å². The molecular weight excluding hydrogens is 198 g/mol. The standard InChI is InChI=1S/C13H7N3/c14-8-12-6-4-11(5-7-12)2-1-3-13(9-15)10-16/h1-7H/b2-1+. The summed E-state index contributed by atoms with van der Waals surface area (Å²) in [5.74, 6) is 0. The summed E-state index contributed by atoms with van der Waals surface area (Å²) in [7, 11) is 0. The molecule has 0 aromatic heterocycles. The highest BCUT2D eigenvalue weighted by atomic mass is 14.3. The van der Waals surface area contributed by atoms with Crippen molar-refractivity contribution in [2.24, 2.45) is 0 Å². The third-order valence-electron chi connectivity index (χ3n) is 1.83. The molecule has 1 aromatic carbocycles. The fourth-order valence-corrected chi connectivity index (χ4v) is 1.02. The molecule has 0 saturated carbocycles. The average molecular weight is 205 g/mol. The number of allylic oxidation sites excluding steroid dienone is 3. The van der Waals surface area contributed by atoms with E-state index in [1.54, 1.807) is 48.6 Å². The zero-order valence-electron chi connectivity index (χ0n) is 8.38. The van der Waals surface area contributed by atoms with Gasteiger partial charge in [0.05, 0.1) is 11.6 Å². The van der Waals surface area contributed by atoms with Gasteiger partial charge in [-0.15, -0.1) is 0 Å². The lowest BCUT2D eigenvalue weighted by molar-refractivity contribution is 1.46. The Bertz CT molecular complexity index is 527. The average Bonchev–Trinajstić information content (AvgIpc) is 2.35. The highest BCUT2D eigenvalue weighted by molar-refractivity contribution is 5.54. The van der Waals surface area contributed by atoms with Gasteiger partial charge in [-0.05, 0) is 23.8 Å². The highest BCUT2D eigenvalue weighted by Gasteiger charge is 1.89. The van der Waals surface area contributed by atoms with E-state index < -0.39 is 0 Å². The van der Waals surface area contributed by atoms with E-state index in [1.165, 1.54) is 6.08 Å². The predicted octanol–water partition coefficient (Wildman–Crippen LogP) is 2.55. The molecule has 0 heterocycles. The third-order valence-corrected chi connectivity index (χ3v) is 1.83. The third kappa shape index (κ3) is 3.14. The van der Waals surface area contributed by atoms with E-state index in [2.05, 4.69) is 0 Å². The van der Waals surface area contributed by atoms with Crippen LogP contribution in [-0.4, -0.2) is 0 Å². The SMILES string of the molecule is N#CC(C#N)=C/C=C/c1ccc(C#N)cc1. The van der Waals surface area contributed by atoms with Crippen LogP contribution in [0.5, 0.6) is 0 Å². The maximum absolute atomic E-state index is 8.59. The molecule has 0 aliphatic heterocycles. The first-order valence-electron chi connectivity index (χ1n) is 4.49. The largest absolute Gasteiger partial charge is 0.192 e. The molecule has 0 N–H and O–H groups in total. The summed E-state index contributed by atoms with van der Waals surface area (Å²) >= 11 is 0. The maximum Gasteiger partial charge on any atom is 0.129 e. The summed E-state index contributed by atoms with van der Waals surface area (Å²) in [5, 5.41) is 25.6. The Balaban J connectivity index is 2.80. The Kier molecular flexibility index (Phi) is 4.08. The summed E-state index contributed by atoms with van der Waals surface area (Å²) in [5.41, 5.74) is 1.57. The fraction of sp³-hybridized carbons (Fsp3) is 0. The topological polar surface area (TPSA) is 71.4 Å². The van der Waals surface area contributed by atoms with Crippen LogP contribution in [0.4, 0.5) is 0 Å². The first-order valence-corrected chi connectivity index (χ1v) is 4.49. The van der Waals surface area contributed by atoms with E-state index in [1.807, 2.05) is 6.07 Å². The Morgan fingerprint density at radius 3 is 2.12 bits per heavy atom. The summed E-state index contributed by atoms with van der Waals surface area (Å²) in [4.78, 5) is 0. The van der Waals surface area contributed by atoms with E-state index in [4.69, 9.17) is 15.8 Å². The molecule has 0 unspecified atom stereocenters. The molecule has 74 valence electrons. The molecule has 0 fully saturated rings. The van der Waals surface area contributed by atoms with Crippen LogP contribution in [0.15, 0.2) is 42.0 Å². The van der Waals surface area contributed by atoms with Gasteiger partial charge in [0.25, 0.3) is 0 Å². The lowest BCUT2D eigenvalue weighted by Gasteiger charge is -1.91. The Morgan fingerprint density at radius 2 is 1.62 bits per heavy atom. The molecule has 0 bridgehead atoms. The van der Waals surface area contributed by atoms with Gasteiger partial charge in [0.15, 0.2) is 0 Å². The summed E-state index contributed by atoms with van der Waals surface area (Å²) in [6.45, 7) is 0. The monoisotopic (exact) mass is 205 g/mol. The molecule has 16 heavy (non-hydrogen) atoms. The van der Waals surface area contributed by atoms with Crippen LogP contribution in [0.3, 0.4) is 0 Å². The zero-order valence-corrected chi connectivity index (χ0v) is 8.38. The molecule has 0 saturated heterocycles. The van der Waals surface area contributed by atoms with Gasteiger partial charge < -0.3 is 0 Å². The lowest BCUT2D eigenvalue weighted by Crippen LogP contribution is -1.74. The number of rotatable bonds is 2. The van der Waals surface area contributed by atoms with Crippen molar-refractivity contribution < 1.29 is 0 Å². The minimum atomic E-state index is 0.0601. The van der Waals surface area contributed by atoms with Crippen LogP contribution in [0.2, 0.25) is 0 Å². The zero-order chi connectivity index (χ0) is 11.8. The smallest absolute Gasteiger partial charge is 0.129 e. The second-order valence-electron chi connectivity index (χ2n) is 2.90. The maximum atomic E-state index is 8.59. The Hall–Kier alpha value is -2.83. The van der Waals surface area contributed by atoms with Crippen molar-refractivity contribution in [3.8, 4) is 18.2 Å². The Labute approximate surface area is 93.8 Å². The predicted molar refractivity (Wildman–Crippen MR) is 59.5 cm³/mol. The van der Waals surface area contributed by atoms with Gasteiger partial charge >= 0.3 is 0 Å². The van der Waals surface area contributed by atoms with Crippen LogP contribution < -0.4 is 0 Å². The molecule has 0 radical (unpaired) electrons. The molecule has 3 nitrogen and oxygen atoms in total. The number of hydrogen-bond donors (Lipinski definition) is 0. The van der Waals surface area contributed by atoms with Gasteiger partial charge in [-0.2, -0.15) is 15.8 Å². The minimum Gasteiger partial charge on any atom is -0.192 e. The summed E-state index contributed by atoms with van der Waals surface area (Å²) in [6, 6.07) is 12.5. The van der Waals surface area contributed by atoms with Gasteiger partial charge in [0.1, 0.15) is 17.7 Å². The van der Waals surface area contributed by atoms with Crippen LogP contribution >= 0.6 is 0 Å². The van der Waals surface area contributed by atoms with Crippen molar-refractivity contribution in [1.29, 1.82) is 15.8 Å². The summed E-state index contributed by atoms with van der Waals surface area (Å²) in [6.07, 6.45) is 4.83. The number of benzene rings is 1. The molecule has 0 spiro atoms. The molecule has 0 aliphatic rings. The quantitative estimate of drug-likeness (QED) is 0.550. The van der Waals surface area contributed by atoms with E-state index in [0.717, 1.165) is 5.56 Å². The second-order valence-corrected chi connectivity index (χ2v) is 2.90. The van der Waals surface area contributed by atoms with E-state index in [9.17, 15) is 0 Å². The van der Waals surface area contributed by atoms with Gasteiger partial charge in [0.2, 0.25) is 0 Å². The molecular formula is C13H7N3. The highest BCUT2D eigenvalue weighted by Crippen LogP contribution is 2.05. The van der Waals surface area contributed by atoms with Crippen LogP contribution in [-0.2, 0) is 0 Å². The minimum absolute atomic E-state index is 0.0601. The molecule has 0 aliphatic carbocycles. The van der Waals surface area contributed by atoms with E-state index >= 15 is 0 Å². The normalized spacial score (nSPS) is 8.81. The van der Waals surface area contributed by atoms with Crippen molar-refractivity contribution >= 4 is 6.08 Å². The van der Waals surface area contributed by atoms with E-state index in [0.29, 0.717) is 5.56 Å². The van der Waals surface area contributed by atoms with Gasteiger partial charge in [0, 0.05) is 0 Å². The first-order chi connectivity index (χ1) is 7.80. The molecule has 0 atom stereocenters. The molecule has 1 aromatic rings. The van der Waals surface area contributed by atoms with E-state index in [-0.39, 0.29) is 5.57 Å².